The van der Waals surface area contributed by atoms with Gasteiger partial charge in [-0.1, -0.05) is 0 Å². The first-order valence-corrected chi connectivity index (χ1v) is 7.42. The van der Waals surface area contributed by atoms with Crippen molar-refractivity contribution in [3.63, 3.8) is 0 Å². The molecule has 0 unspecified atom stereocenters. The van der Waals surface area contributed by atoms with Gasteiger partial charge >= 0.3 is 0 Å². The smallest absolute Gasteiger partial charge is 0.252 e. The molecular formula is C17H11BF3N3O3. The number of methoxy groups -OCH3 is 1. The third-order valence-corrected chi connectivity index (χ3v) is 3.85. The summed E-state index contributed by atoms with van der Waals surface area (Å²) in [6.45, 7) is 0. The van der Waals surface area contributed by atoms with Gasteiger partial charge in [0.1, 0.15) is 19.3 Å². The summed E-state index contributed by atoms with van der Waals surface area (Å²) in [5.74, 6) is -6.40. The predicted octanol–water partition coefficient (Wildman–Crippen LogP) is 1.93. The molecule has 0 fully saturated rings. The van der Waals surface area contributed by atoms with Gasteiger partial charge in [0.05, 0.1) is 23.9 Å². The van der Waals surface area contributed by atoms with Crippen LogP contribution in [0.3, 0.4) is 0 Å². The van der Waals surface area contributed by atoms with Gasteiger partial charge in [0.2, 0.25) is 11.6 Å². The number of benzene rings is 2. The maximum Gasteiger partial charge on any atom is 0.252 e. The number of hydrogen-bond donors (Lipinski definition) is 2. The standard InChI is InChI=1S/C17H11BF3N3O3/c1-26-10-5-8-6(4-7(10)17(23)25)9(2-3-24-8)27-16-12(19)11(18)15(22)13(20)14(16)21/h2-5H,22H2,1H3,(H2,23,25). The number of amides is 1. The SMILES string of the molecule is [B]c1c(N)c(F)c(F)c(Oc2ccnc3cc(OC)c(C(N)=O)cc23)c1F. The molecule has 27 heavy (non-hydrogen) atoms. The van der Waals surface area contributed by atoms with Crippen LogP contribution < -0.4 is 26.4 Å². The number of fused-ring (bicyclic) bond motifs is 1. The second kappa shape index (κ2) is 6.71. The van der Waals surface area contributed by atoms with Gasteiger partial charge in [-0.05, 0) is 17.6 Å². The predicted molar refractivity (Wildman–Crippen MR) is 93.0 cm³/mol. The fourth-order valence-electron chi connectivity index (χ4n) is 2.47. The number of anilines is 1. The Balaban J connectivity index is 2.22. The summed E-state index contributed by atoms with van der Waals surface area (Å²) in [7, 11) is 6.68. The molecule has 0 saturated heterocycles. The van der Waals surface area contributed by atoms with Gasteiger partial charge in [-0.3, -0.25) is 9.78 Å². The Hall–Kier alpha value is -3.43. The molecule has 0 bridgehead atoms. The average molecular weight is 373 g/mol. The van der Waals surface area contributed by atoms with Gasteiger partial charge in [-0.15, -0.1) is 0 Å². The van der Waals surface area contributed by atoms with Crippen LogP contribution in [0.4, 0.5) is 18.9 Å². The summed E-state index contributed by atoms with van der Waals surface area (Å²) in [4.78, 5) is 15.7. The minimum Gasteiger partial charge on any atom is -0.496 e. The van der Waals surface area contributed by atoms with E-state index in [0.717, 1.165) is 0 Å². The number of nitrogens with two attached hydrogens (primary N) is 2. The number of ether oxygens (including phenoxy) is 2. The van der Waals surface area contributed by atoms with Crippen LogP contribution in [0, 0.1) is 17.5 Å². The lowest BCUT2D eigenvalue weighted by molar-refractivity contribution is 0.0997. The summed E-state index contributed by atoms with van der Waals surface area (Å²) in [6, 6.07) is 3.95. The first kappa shape index (κ1) is 18.4. The zero-order chi connectivity index (χ0) is 19.9. The van der Waals surface area contributed by atoms with Gasteiger partial charge in [0.15, 0.2) is 11.6 Å². The summed E-state index contributed by atoms with van der Waals surface area (Å²) in [5.41, 5.74) is 9.13. The van der Waals surface area contributed by atoms with Crippen molar-refractivity contribution in [3.05, 3.63) is 47.4 Å². The molecule has 1 amide bonds. The van der Waals surface area contributed by atoms with E-state index in [-0.39, 0.29) is 28.0 Å². The molecule has 0 spiro atoms. The molecule has 0 aliphatic rings. The topological polar surface area (TPSA) is 100 Å². The van der Waals surface area contributed by atoms with Crippen molar-refractivity contribution in [1.82, 2.24) is 4.98 Å². The maximum atomic E-state index is 14.3. The lowest BCUT2D eigenvalue weighted by atomic mass is 9.92. The first-order chi connectivity index (χ1) is 12.8. The highest BCUT2D eigenvalue weighted by Gasteiger charge is 2.24. The van der Waals surface area contributed by atoms with Gasteiger partial charge < -0.3 is 20.9 Å². The molecule has 0 aliphatic carbocycles. The number of rotatable bonds is 4. The van der Waals surface area contributed by atoms with Crippen LogP contribution in [0.2, 0.25) is 0 Å². The van der Waals surface area contributed by atoms with Crippen LogP contribution in [-0.2, 0) is 0 Å². The van der Waals surface area contributed by atoms with Crippen molar-refractivity contribution in [2.24, 2.45) is 5.73 Å². The van der Waals surface area contributed by atoms with E-state index < -0.39 is 40.3 Å². The van der Waals surface area contributed by atoms with E-state index in [4.69, 9.17) is 28.8 Å². The molecule has 0 saturated carbocycles. The van der Waals surface area contributed by atoms with Crippen LogP contribution in [-0.4, -0.2) is 25.8 Å². The number of nitrogens with zero attached hydrogens (tertiary/aromatic N) is 1. The monoisotopic (exact) mass is 373 g/mol. The number of nitrogen functional groups attached to an aromatic ring is 1. The van der Waals surface area contributed by atoms with Crippen LogP contribution in [0.25, 0.3) is 10.9 Å². The Bertz CT molecular complexity index is 1060. The number of halogens is 3. The van der Waals surface area contributed by atoms with Gasteiger partial charge in [0.25, 0.3) is 5.91 Å². The van der Waals surface area contributed by atoms with E-state index in [1.807, 2.05) is 0 Å². The highest BCUT2D eigenvalue weighted by atomic mass is 19.2. The van der Waals surface area contributed by atoms with Crippen molar-refractivity contribution < 1.29 is 27.4 Å². The molecule has 0 atom stereocenters. The third kappa shape index (κ3) is 2.99. The zero-order valence-electron chi connectivity index (χ0n) is 13.8. The molecular weight excluding hydrogens is 362 g/mol. The van der Waals surface area contributed by atoms with Gasteiger partial charge in [0, 0.05) is 17.6 Å². The number of hydrogen-bond acceptors (Lipinski definition) is 5. The van der Waals surface area contributed by atoms with E-state index in [2.05, 4.69) is 4.98 Å². The summed E-state index contributed by atoms with van der Waals surface area (Å²) in [5, 5.41) is 0.182. The largest absolute Gasteiger partial charge is 0.496 e. The van der Waals surface area contributed by atoms with E-state index in [1.165, 1.54) is 31.5 Å². The molecule has 1 heterocycles. The first-order valence-electron chi connectivity index (χ1n) is 7.42. The molecule has 3 aromatic rings. The number of carbonyl (C=O) groups is 1. The average Bonchev–Trinajstić information content (AvgIpc) is 2.67. The van der Waals surface area contributed by atoms with Crippen LogP contribution in [0.5, 0.6) is 17.2 Å². The molecule has 3 rings (SSSR count). The second-order valence-electron chi connectivity index (χ2n) is 5.44. The lowest BCUT2D eigenvalue weighted by Gasteiger charge is -2.15. The van der Waals surface area contributed by atoms with Crippen molar-refractivity contribution in [1.29, 1.82) is 0 Å². The summed E-state index contributed by atoms with van der Waals surface area (Å²) in [6.07, 6.45) is 1.29. The Morgan fingerprint density at radius 1 is 1.15 bits per heavy atom. The fraction of sp³-hybridized carbons (Fsp3) is 0.0588. The van der Waals surface area contributed by atoms with Crippen molar-refractivity contribution >= 4 is 35.8 Å². The molecule has 1 aromatic heterocycles. The maximum absolute atomic E-state index is 14.3. The molecule has 10 heteroatoms. The normalized spacial score (nSPS) is 10.8. The number of aromatic nitrogens is 1. The Labute approximate surface area is 152 Å². The number of carbonyl (C=O) groups excluding carboxylic acids is 1. The summed E-state index contributed by atoms with van der Waals surface area (Å²) >= 11 is 0. The number of pyridine rings is 1. The zero-order valence-corrected chi connectivity index (χ0v) is 13.8. The van der Waals surface area contributed by atoms with Crippen LogP contribution >= 0.6 is 0 Å². The molecule has 0 aliphatic heterocycles. The Morgan fingerprint density at radius 3 is 2.48 bits per heavy atom. The highest BCUT2D eigenvalue weighted by molar-refractivity contribution is 6.36. The van der Waals surface area contributed by atoms with E-state index in [0.29, 0.717) is 0 Å². The lowest BCUT2D eigenvalue weighted by Crippen LogP contribution is -2.19. The van der Waals surface area contributed by atoms with Gasteiger partial charge in [-0.25, -0.2) is 8.78 Å². The number of primary amides is 1. The van der Waals surface area contributed by atoms with Gasteiger partial charge in [-0.2, -0.15) is 4.39 Å². The Morgan fingerprint density at radius 2 is 1.85 bits per heavy atom. The quantitative estimate of drug-likeness (QED) is 0.414. The molecule has 6 nitrogen and oxygen atoms in total. The van der Waals surface area contributed by atoms with Crippen molar-refractivity contribution in [2.75, 3.05) is 12.8 Å². The van der Waals surface area contributed by atoms with Crippen LogP contribution in [0.1, 0.15) is 10.4 Å². The minimum atomic E-state index is -1.65. The van der Waals surface area contributed by atoms with E-state index in [1.54, 1.807) is 0 Å². The van der Waals surface area contributed by atoms with Crippen molar-refractivity contribution in [2.45, 2.75) is 0 Å². The molecule has 2 radical (unpaired) electrons. The third-order valence-electron chi connectivity index (χ3n) is 3.85. The Kier molecular flexibility index (Phi) is 4.56. The van der Waals surface area contributed by atoms with E-state index >= 15 is 0 Å². The molecule has 136 valence electrons. The minimum absolute atomic E-state index is 0.00760. The second-order valence-corrected chi connectivity index (χ2v) is 5.44. The molecule has 4 N–H and O–H groups in total. The fourth-order valence-corrected chi connectivity index (χ4v) is 2.47. The summed E-state index contributed by atoms with van der Waals surface area (Å²) < 4.78 is 52.5. The van der Waals surface area contributed by atoms with Crippen molar-refractivity contribution in [3.8, 4) is 17.2 Å². The molecule has 2 aromatic carbocycles. The highest BCUT2D eigenvalue weighted by Crippen LogP contribution is 2.36. The van der Waals surface area contributed by atoms with E-state index in [9.17, 15) is 18.0 Å². The van der Waals surface area contributed by atoms with Crippen LogP contribution in [0.15, 0.2) is 24.4 Å².